The van der Waals surface area contributed by atoms with Crippen molar-refractivity contribution in [3.63, 3.8) is 0 Å². The van der Waals surface area contributed by atoms with E-state index in [4.69, 9.17) is 11.6 Å². The lowest BCUT2D eigenvalue weighted by molar-refractivity contribution is -0.138. The first-order chi connectivity index (χ1) is 8.43. The Labute approximate surface area is 108 Å². The number of rotatable bonds is 2. The molecule has 0 aliphatic carbocycles. The van der Waals surface area contributed by atoms with Gasteiger partial charge >= 0.3 is 0 Å². The van der Waals surface area contributed by atoms with Crippen molar-refractivity contribution < 1.29 is 14.4 Å². The average Bonchev–Trinajstić information content (AvgIpc) is 2.52. The van der Waals surface area contributed by atoms with E-state index in [0.717, 1.165) is 0 Å². The van der Waals surface area contributed by atoms with Crippen LogP contribution in [0, 0.1) is 5.92 Å². The summed E-state index contributed by atoms with van der Waals surface area (Å²) in [5, 5.41) is 7.55. The molecule has 0 spiro atoms. The first-order valence-corrected chi connectivity index (χ1v) is 5.68. The lowest BCUT2D eigenvalue weighted by Gasteiger charge is -2.20. The molecular formula is C11H10ClN3O3. The first-order valence-electron chi connectivity index (χ1n) is 5.30. The van der Waals surface area contributed by atoms with Gasteiger partial charge in [0.1, 0.15) is 11.7 Å². The number of halogens is 1. The highest BCUT2D eigenvalue weighted by molar-refractivity contribution is 6.48. The Morgan fingerprint density at radius 3 is 2.44 bits per heavy atom. The summed E-state index contributed by atoms with van der Waals surface area (Å²) >= 11 is 5.60. The zero-order valence-corrected chi connectivity index (χ0v) is 10.5. The van der Waals surface area contributed by atoms with Gasteiger partial charge in [-0.2, -0.15) is 0 Å². The summed E-state index contributed by atoms with van der Waals surface area (Å²) < 4.78 is 0. The van der Waals surface area contributed by atoms with Crippen LogP contribution in [-0.2, 0) is 14.4 Å². The third-order valence-corrected chi connectivity index (χ3v) is 3.11. The van der Waals surface area contributed by atoms with Gasteiger partial charge in [0.25, 0.3) is 5.91 Å². The zero-order valence-electron chi connectivity index (χ0n) is 9.75. The van der Waals surface area contributed by atoms with Gasteiger partial charge in [-0.3, -0.25) is 19.3 Å². The van der Waals surface area contributed by atoms with Crippen LogP contribution in [0.3, 0.4) is 0 Å². The van der Waals surface area contributed by atoms with Gasteiger partial charge in [-0.1, -0.05) is 11.6 Å². The van der Waals surface area contributed by atoms with Crippen molar-refractivity contribution in [3.05, 3.63) is 17.3 Å². The zero-order chi connectivity index (χ0) is 13.4. The van der Waals surface area contributed by atoms with Gasteiger partial charge in [-0.15, -0.1) is 10.2 Å². The fourth-order valence-corrected chi connectivity index (χ4v) is 2.18. The molecule has 18 heavy (non-hydrogen) atoms. The topological polar surface area (TPSA) is 80.2 Å². The molecule has 1 aromatic heterocycles. The molecule has 6 nitrogen and oxygen atoms in total. The molecule has 1 aliphatic heterocycles. The third kappa shape index (κ3) is 1.88. The standard InChI is InChI=1S/C11H10ClN3O3/c1-5-9(6(2)16)10(17)11(18)15(5)8-4-3-7(12)13-14-8/h3-5,9H,1-2H3. The van der Waals surface area contributed by atoms with E-state index in [-0.39, 0.29) is 16.8 Å². The van der Waals surface area contributed by atoms with Crippen LogP contribution >= 0.6 is 11.6 Å². The molecule has 0 N–H and O–H groups in total. The second kappa shape index (κ2) is 4.45. The summed E-state index contributed by atoms with van der Waals surface area (Å²) in [4.78, 5) is 36.1. The molecule has 1 saturated heterocycles. The monoisotopic (exact) mass is 267 g/mol. The molecule has 0 saturated carbocycles. The second-order valence-corrected chi connectivity index (χ2v) is 4.47. The molecule has 0 bridgehead atoms. The first kappa shape index (κ1) is 12.6. The number of ketones is 2. The smallest absolute Gasteiger partial charge is 0.296 e. The Morgan fingerprint density at radius 2 is 2.00 bits per heavy atom. The molecule has 1 aliphatic rings. The van der Waals surface area contributed by atoms with Gasteiger partial charge in [-0.05, 0) is 26.0 Å². The quantitative estimate of drug-likeness (QED) is 0.580. The lowest BCUT2D eigenvalue weighted by Crippen LogP contribution is -2.35. The Morgan fingerprint density at radius 1 is 1.33 bits per heavy atom. The molecule has 0 radical (unpaired) electrons. The predicted molar refractivity (Wildman–Crippen MR) is 63.2 cm³/mol. The molecular weight excluding hydrogens is 258 g/mol. The summed E-state index contributed by atoms with van der Waals surface area (Å²) in [5.74, 6) is -2.49. The number of nitrogens with zero attached hydrogens (tertiary/aromatic N) is 3. The Kier molecular flexibility index (Phi) is 3.13. The van der Waals surface area contributed by atoms with E-state index in [1.807, 2.05) is 0 Å². The van der Waals surface area contributed by atoms with E-state index >= 15 is 0 Å². The molecule has 1 amide bonds. The highest BCUT2D eigenvalue weighted by Gasteiger charge is 2.48. The number of Topliss-reactive ketones (excluding diaryl/α,β-unsaturated/α-hetero) is 2. The van der Waals surface area contributed by atoms with Gasteiger partial charge in [0.05, 0.1) is 6.04 Å². The fraction of sp³-hybridized carbons (Fsp3) is 0.364. The van der Waals surface area contributed by atoms with Crippen LogP contribution in [0.15, 0.2) is 12.1 Å². The van der Waals surface area contributed by atoms with Crippen LogP contribution in [0.25, 0.3) is 0 Å². The summed E-state index contributed by atoms with van der Waals surface area (Å²) in [7, 11) is 0. The number of anilines is 1. The van der Waals surface area contributed by atoms with Crippen LogP contribution in [0.5, 0.6) is 0 Å². The minimum atomic E-state index is -0.935. The van der Waals surface area contributed by atoms with Gasteiger partial charge in [0.15, 0.2) is 11.0 Å². The van der Waals surface area contributed by atoms with Crippen molar-refractivity contribution >= 4 is 34.9 Å². The SMILES string of the molecule is CC(=O)C1C(=O)C(=O)N(c2ccc(Cl)nn2)C1C. The average molecular weight is 268 g/mol. The maximum atomic E-state index is 11.8. The van der Waals surface area contributed by atoms with Gasteiger partial charge in [0.2, 0.25) is 5.78 Å². The van der Waals surface area contributed by atoms with Gasteiger partial charge < -0.3 is 0 Å². The van der Waals surface area contributed by atoms with E-state index in [1.165, 1.54) is 24.0 Å². The molecule has 94 valence electrons. The highest BCUT2D eigenvalue weighted by Crippen LogP contribution is 2.27. The van der Waals surface area contributed by atoms with Crippen molar-refractivity contribution in [1.82, 2.24) is 10.2 Å². The number of carbonyl (C=O) groups excluding carboxylic acids is 3. The number of hydrogen-bond donors (Lipinski definition) is 0. The van der Waals surface area contributed by atoms with Crippen LogP contribution < -0.4 is 4.90 Å². The molecule has 2 unspecified atom stereocenters. The third-order valence-electron chi connectivity index (χ3n) is 2.90. The predicted octanol–water partition coefficient (Wildman–Crippen LogP) is 0.639. The van der Waals surface area contributed by atoms with Crippen LogP contribution in [-0.4, -0.2) is 33.7 Å². The molecule has 1 aromatic rings. The van der Waals surface area contributed by atoms with Gasteiger partial charge in [0, 0.05) is 0 Å². The van der Waals surface area contributed by atoms with Crippen molar-refractivity contribution in [1.29, 1.82) is 0 Å². The molecule has 7 heteroatoms. The van der Waals surface area contributed by atoms with Crippen molar-refractivity contribution in [2.75, 3.05) is 4.90 Å². The Balaban J connectivity index is 2.40. The van der Waals surface area contributed by atoms with E-state index < -0.39 is 23.7 Å². The Bertz CT molecular complexity index is 529. The summed E-state index contributed by atoms with van der Waals surface area (Å²) in [6.45, 7) is 2.93. The van der Waals surface area contributed by atoms with Crippen molar-refractivity contribution in [2.24, 2.45) is 5.92 Å². The summed E-state index contributed by atoms with van der Waals surface area (Å²) in [5.41, 5.74) is 0. The summed E-state index contributed by atoms with van der Waals surface area (Å²) in [6, 6.07) is 2.40. The molecule has 2 heterocycles. The number of aromatic nitrogens is 2. The van der Waals surface area contributed by atoms with E-state index in [0.29, 0.717) is 0 Å². The second-order valence-electron chi connectivity index (χ2n) is 4.08. The largest absolute Gasteiger partial charge is 0.299 e. The van der Waals surface area contributed by atoms with E-state index in [9.17, 15) is 14.4 Å². The van der Waals surface area contributed by atoms with Crippen LogP contribution in [0.2, 0.25) is 5.15 Å². The van der Waals surface area contributed by atoms with Crippen LogP contribution in [0.1, 0.15) is 13.8 Å². The van der Waals surface area contributed by atoms with Crippen LogP contribution in [0.4, 0.5) is 5.82 Å². The maximum absolute atomic E-state index is 11.8. The number of hydrogen-bond acceptors (Lipinski definition) is 5. The van der Waals surface area contributed by atoms with E-state index in [1.54, 1.807) is 6.92 Å². The molecule has 2 atom stereocenters. The number of amides is 1. The molecule has 1 fully saturated rings. The highest BCUT2D eigenvalue weighted by atomic mass is 35.5. The minimum absolute atomic E-state index is 0.187. The maximum Gasteiger partial charge on any atom is 0.296 e. The molecule has 0 aromatic carbocycles. The Hall–Kier alpha value is -1.82. The lowest BCUT2D eigenvalue weighted by atomic mass is 9.96. The number of carbonyl (C=O) groups is 3. The normalized spacial score (nSPS) is 23.6. The van der Waals surface area contributed by atoms with Crippen molar-refractivity contribution in [2.45, 2.75) is 19.9 Å². The van der Waals surface area contributed by atoms with Gasteiger partial charge in [-0.25, -0.2) is 0 Å². The minimum Gasteiger partial charge on any atom is -0.299 e. The summed E-state index contributed by atoms with van der Waals surface area (Å²) in [6.07, 6.45) is 0. The van der Waals surface area contributed by atoms with Crippen molar-refractivity contribution in [3.8, 4) is 0 Å². The van der Waals surface area contributed by atoms with E-state index in [2.05, 4.69) is 10.2 Å². The fourth-order valence-electron chi connectivity index (χ4n) is 2.08. The molecule has 2 rings (SSSR count).